The van der Waals surface area contributed by atoms with Gasteiger partial charge >= 0.3 is 0 Å². The Morgan fingerprint density at radius 1 is 1.17 bits per heavy atom. The van der Waals surface area contributed by atoms with Crippen LogP contribution in [0.15, 0.2) is 36.4 Å². The molecular formula is C23H27ClN2O3. The number of nitrogens with zero attached hydrogens (tertiary/aromatic N) is 1. The van der Waals surface area contributed by atoms with Gasteiger partial charge < -0.3 is 14.8 Å². The second-order valence-electron chi connectivity index (χ2n) is 7.85. The molecule has 0 bridgehead atoms. The molecule has 2 aromatic rings. The summed E-state index contributed by atoms with van der Waals surface area (Å²) in [6.45, 7) is 6.16. The number of carbonyl (C=O) groups is 1. The van der Waals surface area contributed by atoms with Gasteiger partial charge in [-0.2, -0.15) is 0 Å². The van der Waals surface area contributed by atoms with E-state index in [1.165, 1.54) is 11.1 Å². The Morgan fingerprint density at radius 2 is 1.97 bits per heavy atom. The maximum absolute atomic E-state index is 12.8. The van der Waals surface area contributed by atoms with Crippen molar-refractivity contribution in [3.05, 3.63) is 58.1 Å². The minimum atomic E-state index is -0.111. The third kappa shape index (κ3) is 5.03. The summed E-state index contributed by atoms with van der Waals surface area (Å²) >= 11 is 6.32. The van der Waals surface area contributed by atoms with Gasteiger partial charge in [0.15, 0.2) is 11.5 Å². The summed E-state index contributed by atoms with van der Waals surface area (Å²) in [5, 5.41) is 3.58. The highest BCUT2D eigenvalue weighted by Gasteiger charge is 2.23. The lowest BCUT2D eigenvalue weighted by atomic mass is 10.0. The van der Waals surface area contributed by atoms with Gasteiger partial charge in [0.2, 0.25) is 0 Å². The van der Waals surface area contributed by atoms with Crippen molar-refractivity contribution in [3.8, 4) is 11.5 Å². The Labute approximate surface area is 176 Å². The summed E-state index contributed by atoms with van der Waals surface area (Å²) in [5.41, 5.74) is 3.15. The van der Waals surface area contributed by atoms with E-state index in [2.05, 4.69) is 41.4 Å². The van der Waals surface area contributed by atoms with Gasteiger partial charge in [0.25, 0.3) is 5.91 Å². The molecule has 1 amide bonds. The monoisotopic (exact) mass is 414 g/mol. The zero-order valence-corrected chi connectivity index (χ0v) is 17.5. The molecule has 154 valence electrons. The Kier molecular flexibility index (Phi) is 6.26. The number of fused-ring (bicyclic) bond motifs is 1. The lowest BCUT2D eigenvalue weighted by molar-refractivity contribution is 0.0908. The Hall–Kier alpha value is -2.24. The Balaban J connectivity index is 1.33. The predicted octanol–water partition coefficient (Wildman–Crippen LogP) is 4.20. The SMILES string of the molecule is Cc1cccc(CN2CCC(NC(=O)c3cc(Cl)c4c(c3)OCCCO4)CC2)c1. The quantitative estimate of drug-likeness (QED) is 0.814. The molecule has 4 rings (SSSR count). The maximum atomic E-state index is 12.8. The first-order valence-corrected chi connectivity index (χ1v) is 10.6. The third-order valence-electron chi connectivity index (χ3n) is 5.48. The lowest BCUT2D eigenvalue weighted by Crippen LogP contribution is -2.44. The number of hydrogen-bond donors (Lipinski definition) is 1. The van der Waals surface area contributed by atoms with Gasteiger partial charge in [-0.15, -0.1) is 0 Å². The van der Waals surface area contributed by atoms with Crippen molar-refractivity contribution in [1.82, 2.24) is 10.2 Å². The highest BCUT2D eigenvalue weighted by atomic mass is 35.5. The maximum Gasteiger partial charge on any atom is 0.251 e. The van der Waals surface area contributed by atoms with E-state index in [4.69, 9.17) is 21.1 Å². The molecule has 2 heterocycles. The molecule has 2 aliphatic rings. The molecule has 2 aliphatic heterocycles. The van der Waals surface area contributed by atoms with Crippen molar-refractivity contribution in [1.29, 1.82) is 0 Å². The summed E-state index contributed by atoms with van der Waals surface area (Å²) in [6.07, 6.45) is 2.68. The highest BCUT2D eigenvalue weighted by molar-refractivity contribution is 6.32. The first-order valence-electron chi connectivity index (χ1n) is 10.3. The number of likely N-dealkylation sites (tertiary alicyclic amines) is 1. The Morgan fingerprint density at radius 3 is 2.76 bits per heavy atom. The number of aryl methyl sites for hydroxylation is 1. The summed E-state index contributed by atoms with van der Waals surface area (Å²) < 4.78 is 11.3. The van der Waals surface area contributed by atoms with Gasteiger partial charge in [-0.05, 0) is 37.5 Å². The first kappa shape index (κ1) is 20.0. The van der Waals surface area contributed by atoms with Crippen molar-refractivity contribution in [3.63, 3.8) is 0 Å². The van der Waals surface area contributed by atoms with Crippen molar-refractivity contribution in [2.45, 2.75) is 38.8 Å². The topological polar surface area (TPSA) is 50.8 Å². The molecule has 2 aromatic carbocycles. The van der Waals surface area contributed by atoms with E-state index in [1.54, 1.807) is 12.1 Å². The summed E-state index contributed by atoms with van der Waals surface area (Å²) in [6, 6.07) is 12.2. The smallest absolute Gasteiger partial charge is 0.251 e. The minimum Gasteiger partial charge on any atom is -0.489 e. The first-order chi connectivity index (χ1) is 14.1. The number of nitrogens with one attached hydrogen (secondary N) is 1. The number of ether oxygens (including phenoxy) is 2. The predicted molar refractivity (Wildman–Crippen MR) is 114 cm³/mol. The number of piperidine rings is 1. The molecule has 1 N–H and O–H groups in total. The molecule has 0 saturated carbocycles. The van der Waals surface area contributed by atoms with Crippen LogP contribution in [0, 0.1) is 6.92 Å². The second kappa shape index (κ2) is 9.06. The summed E-state index contributed by atoms with van der Waals surface area (Å²) in [5.74, 6) is 0.970. The minimum absolute atomic E-state index is 0.111. The number of benzene rings is 2. The molecule has 0 aliphatic carbocycles. The number of rotatable bonds is 4. The number of halogens is 1. The standard InChI is InChI=1S/C23H27ClN2O3/c1-16-4-2-5-17(12-16)15-26-8-6-19(7-9-26)25-23(27)18-13-20(24)22-21(14-18)28-10-3-11-29-22/h2,4-5,12-14,19H,3,6-11,15H2,1H3,(H,25,27). The molecule has 0 atom stereocenters. The van der Waals surface area contributed by atoms with Gasteiger partial charge in [0.05, 0.1) is 18.2 Å². The van der Waals surface area contributed by atoms with Gasteiger partial charge in [-0.1, -0.05) is 41.4 Å². The zero-order chi connectivity index (χ0) is 20.2. The molecule has 5 nitrogen and oxygen atoms in total. The van der Waals surface area contributed by atoms with Crippen molar-refractivity contribution in [2.24, 2.45) is 0 Å². The fourth-order valence-electron chi connectivity index (χ4n) is 3.93. The molecule has 0 aromatic heterocycles. The van der Waals surface area contributed by atoms with Crippen LogP contribution < -0.4 is 14.8 Å². The fourth-order valence-corrected chi connectivity index (χ4v) is 4.20. The lowest BCUT2D eigenvalue weighted by Gasteiger charge is -2.32. The number of hydrogen-bond acceptors (Lipinski definition) is 4. The van der Waals surface area contributed by atoms with Crippen LogP contribution in [-0.2, 0) is 6.54 Å². The van der Waals surface area contributed by atoms with E-state index in [1.807, 2.05) is 0 Å². The normalized spacial score (nSPS) is 17.6. The van der Waals surface area contributed by atoms with Crippen molar-refractivity contribution < 1.29 is 14.3 Å². The van der Waals surface area contributed by atoms with Crippen LogP contribution in [0.5, 0.6) is 11.5 Å². The third-order valence-corrected chi connectivity index (χ3v) is 5.76. The van der Waals surface area contributed by atoms with E-state index in [0.29, 0.717) is 35.3 Å². The van der Waals surface area contributed by atoms with Gasteiger partial charge in [-0.25, -0.2) is 0 Å². The largest absolute Gasteiger partial charge is 0.489 e. The van der Waals surface area contributed by atoms with Gasteiger partial charge in [0, 0.05) is 37.7 Å². The number of amides is 1. The highest BCUT2D eigenvalue weighted by Crippen LogP contribution is 2.38. The summed E-state index contributed by atoms with van der Waals surface area (Å²) in [7, 11) is 0. The van der Waals surface area contributed by atoms with E-state index in [-0.39, 0.29) is 11.9 Å². The van der Waals surface area contributed by atoms with E-state index in [9.17, 15) is 4.79 Å². The average Bonchev–Trinajstić information content (AvgIpc) is 2.95. The van der Waals surface area contributed by atoms with E-state index in [0.717, 1.165) is 38.9 Å². The zero-order valence-electron chi connectivity index (χ0n) is 16.7. The molecule has 1 saturated heterocycles. The molecular weight excluding hydrogens is 388 g/mol. The van der Waals surface area contributed by atoms with Gasteiger partial charge in [-0.3, -0.25) is 9.69 Å². The van der Waals surface area contributed by atoms with Crippen LogP contribution in [0.1, 0.15) is 40.7 Å². The molecule has 0 spiro atoms. The van der Waals surface area contributed by atoms with Crippen LogP contribution in [0.25, 0.3) is 0 Å². The van der Waals surface area contributed by atoms with Crippen LogP contribution in [0.3, 0.4) is 0 Å². The summed E-state index contributed by atoms with van der Waals surface area (Å²) in [4.78, 5) is 15.2. The van der Waals surface area contributed by atoms with Crippen molar-refractivity contribution >= 4 is 17.5 Å². The van der Waals surface area contributed by atoms with E-state index < -0.39 is 0 Å². The number of carbonyl (C=O) groups excluding carboxylic acids is 1. The van der Waals surface area contributed by atoms with Crippen LogP contribution in [0.2, 0.25) is 5.02 Å². The van der Waals surface area contributed by atoms with Crippen LogP contribution in [0.4, 0.5) is 0 Å². The van der Waals surface area contributed by atoms with Crippen LogP contribution >= 0.6 is 11.6 Å². The average molecular weight is 415 g/mol. The molecule has 1 fully saturated rings. The Bertz CT molecular complexity index is 878. The van der Waals surface area contributed by atoms with Gasteiger partial charge in [0.1, 0.15) is 0 Å². The van der Waals surface area contributed by atoms with Crippen LogP contribution in [-0.4, -0.2) is 43.2 Å². The molecule has 29 heavy (non-hydrogen) atoms. The second-order valence-corrected chi connectivity index (χ2v) is 8.26. The van der Waals surface area contributed by atoms with E-state index >= 15 is 0 Å². The molecule has 0 radical (unpaired) electrons. The molecule has 6 heteroatoms. The molecule has 0 unspecified atom stereocenters. The fraction of sp³-hybridized carbons (Fsp3) is 0.435. The van der Waals surface area contributed by atoms with Crippen molar-refractivity contribution in [2.75, 3.05) is 26.3 Å².